The van der Waals surface area contributed by atoms with Crippen molar-refractivity contribution in [2.24, 2.45) is 33.7 Å². The second-order valence-corrected chi connectivity index (χ2v) is 12.5. The molecule has 0 N–H and O–H groups in total. The Labute approximate surface area is 237 Å². The Balaban J connectivity index is 1.69. The number of rotatable bonds is 14. The van der Waals surface area contributed by atoms with Gasteiger partial charge >= 0.3 is 11.9 Å². The Morgan fingerprint density at radius 3 is 1.41 bits per heavy atom. The summed E-state index contributed by atoms with van der Waals surface area (Å²) in [4.78, 5) is 33.1. The zero-order valence-electron chi connectivity index (χ0n) is 25.6. The smallest absolute Gasteiger partial charge is 0.333 e. The molecule has 0 amide bonds. The lowest BCUT2D eigenvalue weighted by atomic mass is 9.70. The van der Waals surface area contributed by atoms with Crippen LogP contribution < -0.4 is 0 Å². The molecule has 6 nitrogen and oxygen atoms in total. The topological polar surface area (TPSA) is 77.3 Å². The van der Waals surface area contributed by atoms with Crippen LogP contribution in [0, 0.1) is 23.7 Å². The van der Waals surface area contributed by atoms with E-state index in [0.717, 1.165) is 37.5 Å². The quantitative estimate of drug-likeness (QED) is 0.0975. The Bertz CT molecular complexity index is 833. The maximum absolute atomic E-state index is 11.5. The molecule has 0 saturated heterocycles. The Hall–Kier alpha value is -2.24. The number of carbonyl (C=O) groups is 2. The second-order valence-electron chi connectivity index (χ2n) is 12.5. The van der Waals surface area contributed by atoms with Crippen molar-refractivity contribution in [3.63, 3.8) is 0 Å². The van der Waals surface area contributed by atoms with Crippen molar-refractivity contribution in [2.75, 3.05) is 13.2 Å². The lowest BCUT2D eigenvalue weighted by Crippen LogP contribution is -2.31. The van der Waals surface area contributed by atoms with Crippen molar-refractivity contribution in [2.45, 2.75) is 124 Å². The summed E-state index contributed by atoms with van der Waals surface area (Å²) < 4.78 is 10.4. The van der Waals surface area contributed by atoms with Gasteiger partial charge in [-0.3, -0.25) is 9.98 Å². The fourth-order valence-electron chi connectivity index (χ4n) is 6.19. The molecule has 2 aliphatic rings. The van der Waals surface area contributed by atoms with E-state index in [-0.39, 0.29) is 11.9 Å². The molecule has 6 heteroatoms. The summed E-state index contributed by atoms with van der Waals surface area (Å²) in [7, 11) is 0. The van der Waals surface area contributed by atoms with E-state index >= 15 is 0 Å². The van der Waals surface area contributed by atoms with Gasteiger partial charge in [0.05, 0.1) is 25.3 Å². The van der Waals surface area contributed by atoms with Gasteiger partial charge in [-0.05, 0) is 122 Å². The average molecular weight is 543 g/mol. The third kappa shape index (κ3) is 12.2. The van der Waals surface area contributed by atoms with Crippen molar-refractivity contribution in [3.8, 4) is 0 Å². The van der Waals surface area contributed by atoms with Gasteiger partial charge in [-0.2, -0.15) is 0 Å². The normalized spacial score (nSPS) is 28.1. The summed E-state index contributed by atoms with van der Waals surface area (Å²) >= 11 is 0. The van der Waals surface area contributed by atoms with Gasteiger partial charge < -0.3 is 9.47 Å². The van der Waals surface area contributed by atoms with Crippen LogP contribution in [-0.4, -0.2) is 48.7 Å². The van der Waals surface area contributed by atoms with E-state index in [4.69, 9.17) is 19.5 Å². The standard InChI is InChI=1S/C33H54N2O4/c1-22(2)32(36)38-17-9-11-26(7)34-30-15-13-28(19-24(30)5)21-29-14-16-31(25(6)20-29)35-27(8)12-10-18-39-33(37)23(3)4/h24-25,28-31H,1,3,9-21H2,2,4-8H3. The van der Waals surface area contributed by atoms with Crippen molar-refractivity contribution < 1.29 is 19.1 Å². The summed E-state index contributed by atoms with van der Waals surface area (Å²) in [6, 6.07) is 0.853. The number of carbonyl (C=O) groups excluding carboxylic acids is 2. The molecule has 0 aromatic carbocycles. The first kappa shape index (κ1) is 33.0. The van der Waals surface area contributed by atoms with Crippen LogP contribution in [0.5, 0.6) is 0 Å². The van der Waals surface area contributed by atoms with E-state index < -0.39 is 0 Å². The van der Waals surface area contributed by atoms with Gasteiger partial charge in [0, 0.05) is 22.6 Å². The van der Waals surface area contributed by atoms with E-state index in [0.29, 0.717) is 48.3 Å². The van der Waals surface area contributed by atoms with Gasteiger partial charge in [0.1, 0.15) is 0 Å². The minimum absolute atomic E-state index is 0.307. The molecular weight excluding hydrogens is 488 g/mol. The van der Waals surface area contributed by atoms with Crippen LogP contribution in [-0.2, 0) is 19.1 Å². The van der Waals surface area contributed by atoms with Gasteiger partial charge in [0.25, 0.3) is 0 Å². The first-order valence-corrected chi connectivity index (χ1v) is 15.2. The van der Waals surface area contributed by atoms with Gasteiger partial charge in [0.15, 0.2) is 0 Å². The van der Waals surface area contributed by atoms with Crippen molar-refractivity contribution >= 4 is 23.4 Å². The molecule has 0 bridgehead atoms. The molecule has 0 aromatic rings. The molecule has 0 spiro atoms. The molecule has 2 aliphatic carbocycles. The zero-order chi connectivity index (χ0) is 28.9. The summed E-state index contributed by atoms with van der Waals surface area (Å²) in [5, 5.41) is 0. The highest BCUT2D eigenvalue weighted by Crippen LogP contribution is 2.40. The van der Waals surface area contributed by atoms with Gasteiger partial charge in [-0.25, -0.2) is 9.59 Å². The van der Waals surface area contributed by atoms with Crippen molar-refractivity contribution in [1.29, 1.82) is 0 Å². The Morgan fingerprint density at radius 2 is 1.08 bits per heavy atom. The molecule has 0 aromatic heterocycles. The fraction of sp³-hybridized carbons (Fsp3) is 0.758. The summed E-state index contributed by atoms with van der Waals surface area (Å²) in [6.45, 7) is 20.4. The fourth-order valence-corrected chi connectivity index (χ4v) is 6.19. The predicted octanol–water partition coefficient (Wildman–Crippen LogP) is 7.71. The highest BCUT2D eigenvalue weighted by Gasteiger charge is 2.32. The summed E-state index contributed by atoms with van der Waals surface area (Å²) in [5.41, 5.74) is 3.24. The molecule has 39 heavy (non-hydrogen) atoms. The molecule has 220 valence electrons. The molecule has 2 saturated carbocycles. The molecule has 2 rings (SSSR count). The van der Waals surface area contributed by atoms with E-state index in [1.807, 2.05) is 0 Å². The number of aliphatic imine (C=N–C) groups is 2. The van der Waals surface area contributed by atoms with Crippen LogP contribution in [0.2, 0.25) is 0 Å². The Kier molecular flexibility index (Phi) is 14.2. The van der Waals surface area contributed by atoms with E-state index in [2.05, 4.69) is 40.9 Å². The molecule has 2 fully saturated rings. The first-order chi connectivity index (χ1) is 18.5. The van der Waals surface area contributed by atoms with Gasteiger partial charge in [-0.15, -0.1) is 0 Å². The van der Waals surface area contributed by atoms with Crippen LogP contribution in [0.15, 0.2) is 34.3 Å². The van der Waals surface area contributed by atoms with E-state index in [9.17, 15) is 9.59 Å². The van der Waals surface area contributed by atoms with E-state index in [1.165, 1.54) is 56.4 Å². The van der Waals surface area contributed by atoms with Gasteiger partial charge in [-0.1, -0.05) is 27.0 Å². The van der Waals surface area contributed by atoms with Crippen LogP contribution in [0.1, 0.15) is 112 Å². The molecule has 0 aliphatic heterocycles. The minimum Gasteiger partial charge on any atom is -0.462 e. The maximum Gasteiger partial charge on any atom is 0.333 e. The molecule has 6 unspecified atom stereocenters. The van der Waals surface area contributed by atoms with Gasteiger partial charge in [0.2, 0.25) is 0 Å². The Morgan fingerprint density at radius 1 is 0.692 bits per heavy atom. The zero-order valence-corrected chi connectivity index (χ0v) is 25.6. The van der Waals surface area contributed by atoms with E-state index in [1.54, 1.807) is 13.8 Å². The largest absolute Gasteiger partial charge is 0.462 e. The third-order valence-corrected chi connectivity index (χ3v) is 8.43. The van der Waals surface area contributed by atoms with Crippen LogP contribution >= 0.6 is 0 Å². The van der Waals surface area contributed by atoms with Crippen LogP contribution in [0.25, 0.3) is 0 Å². The molecule has 6 atom stereocenters. The summed E-state index contributed by atoms with van der Waals surface area (Å²) in [6.07, 6.45) is 12.2. The number of esters is 2. The monoisotopic (exact) mass is 542 g/mol. The highest BCUT2D eigenvalue weighted by molar-refractivity contribution is 5.87. The molecule has 0 radical (unpaired) electrons. The lowest BCUT2D eigenvalue weighted by Gasteiger charge is -2.37. The SMILES string of the molecule is C=C(C)C(=O)OCCCC(C)=NC1CCC(CC2CCC(N=C(C)CCCOC(=O)C(=C)C)C(C)C2)CC1C. The number of ether oxygens (including phenoxy) is 2. The van der Waals surface area contributed by atoms with Crippen LogP contribution in [0.3, 0.4) is 0 Å². The van der Waals surface area contributed by atoms with Crippen molar-refractivity contribution in [1.82, 2.24) is 0 Å². The molecular formula is C33H54N2O4. The average Bonchev–Trinajstić information content (AvgIpc) is 2.87. The maximum atomic E-state index is 11.5. The lowest BCUT2D eigenvalue weighted by molar-refractivity contribution is -0.139. The second kappa shape index (κ2) is 16.8. The first-order valence-electron chi connectivity index (χ1n) is 15.2. The number of nitrogens with zero attached hydrogens (tertiary/aromatic N) is 2. The highest BCUT2D eigenvalue weighted by atomic mass is 16.5. The minimum atomic E-state index is -0.307. The number of hydrogen-bond acceptors (Lipinski definition) is 6. The van der Waals surface area contributed by atoms with Crippen molar-refractivity contribution in [3.05, 3.63) is 24.3 Å². The number of hydrogen-bond donors (Lipinski definition) is 0. The third-order valence-electron chi connectivity index (χ3n) is 8.43. The molecule has 0 heterocycles. The summed E-state index contributed by atoms with van der Waals surface area (Å²) in [5.74, 6) is 2.26. The van der Waals surface area contributed by atoms with Crippen LogP contribution in [0.4, 0.5) is 0 Å². The predicted molar refractivity (Wildman–Crippen MR) is 161 cm³/mol.